The molecule has 0 saturated carbocycles. The van der Waals surface area contributed by atoms with E-state index in [0.29, 0.717) is 24.2 Å². The molecule has 0 amide bonds. The molecule has 0 fully saturated rings. The van der Waals surface area contributed by atoms with Gasteiger partial charge in [-0.25, -0.2) is 9.97 Å². The Hall–Kier alpha value is -1.95. The number of nitrogens with one attached hydrogen (secondary N) is 2. The van der Waals surface area contributed by atoms with E-state index in [4.69, 9.17) is 4.74 Å². The Morgan fingerprint density at radius 3 is 2.62 bits per heavy atom. The van der Waals surface area contributed by atoms with Gasteiger partial charge in [0.1, 0.15) is 11.5 Å². The predicted molar refractivity (Wildman–Crippen MR) is 81.5 cm³/mol. The summed E-state index contributed by atoms with van der Waals surface area (Å²) in [5.41, 5.74) is 1.80. The number of rotatable bonds is 6. The van der Waals surface area contributed by atoms with Crippen molar-refractivity contribution in [3.8, 4) is 11.6 Å². The molecule has 21 heavy (non-hydrogen) atoms. The summed E-state index contributed by atoms with van der Waals surface area (Å²) in [7, 11) is 0. The minimum atomic E-state index is 0.282. The van der Waals surface area contributed by atoms with E-state index in [2.05, 4.69) is 53.2 Å². The molecular formula is C15H23N5O. The molecule has 0 atom stereocenters. The second-order valence-corrected chi connectivity index (χ2v) is 5.72. The molecule has 0 aliphatic rings. The first-order valence-corrected chi connectivity index (χ1v) is 7.24. The Morgan fingerprint density at radius 2 is 2.05 bits per heavy atom. The second-order valence-electron chi connectivity index (χ2n) is 5.72. The third kappa shape index (κ3) is 4.26. The van der Waals surface area contributed by atoms with E-state index in [0.717, 1.165) is 17.2 Å². The molecule has 2 N–H and O–H groups in total. The smallest absolute Gasteiger partial charge is 0.238 e. The molecule has 0 unspecified atom stereocenters. The Morgan fingerprint density at radius 1 is 1.29 bits per heavy atom. The van der Waals surface area contributed by atoms with Gasteiger partial charge in [0.05, 0.1) is 6.20 Å². The molecule has 6 heteroatoms. The first kappa shape index (κ1) is 15.4. The molecule has 0 spiro atoms. The maximum absolute atomic E-state index is 5.79. The van der Waals surface area contributed by atoms with E-state index >= 15 is 0 Å². The van der Waals surface area contributed by atoms with Crippen LogP contribution in [-0.4, -0.2) is 26.2 Å². The fourth-order valence-corrected chi connectivity index (χ4v) is 1.77. The maximum atomic E-state index is 5.79. The fourth-order valence-electron chi connectivity index (χ4n) is 1.77. The zero-order valence-corrected chi connectivity index (χ0v) is 13.3. The van der Waals surface area contributed by atoms with Crippen molar-refractivity contribution in [1.29, 1.82) is 0 Å². The van der Waals surface area contributed by atoms with Gasteiger partial charge < -0.3 is 10.1 Å². The summed E-state index contributed by atoms with van der Waals surface area (Å²) in [5.74, 6) is 2.27. The van der Waals surface area contributed by atoms with Crippen LogP contribution in [0.25, 0.3) is 0 Å². The first-order valence-electron chi connectivity index (χ1n) is 7.24. The van der Waals surface area contributed by atoms with Crippen molar-refractivity contribution < 1.29 is 4.74 Å². The average molecular weight is 289 g/mol. The molecular weight excluding hydrogens is 266 g/mol. The highest BCUT2D eigenvalue weighted by molar-refractivity contribution is 5.30. The van der Waals surface area contributed by atoms with Crippen LogP contribution < -0.4 is 10.1 Å². The second kappa shape index (κ2) is 6.67. The lowest BCUT2D eigenvalue weighted by Gasteiger charge is -2.13. The van der Waals surface area contributed by atoms with Gasteiger partial charge in [0, 0.05) is 30.3 Å². The molecule has 0 radical (unpaired) electrons. The van der Waals surface area contributed by atoms with Crippen LogP contribution in [0.1, 0.15) is 50.8 Å². The average Bonchev–Trinajstić information content (AvgIpc) is 2.82. The van der Waals surface area contributed by atoms with Crippen LogP contribution in [0.2, 0.25) is 0 Å². The molecule has 0 saturated heterocycles. The van der Waals surface area contributed by atoms with Gasteiger partial charge in [-0.05, 0) is 6.92 Å². The van der Waals surface area contributed by atoms with E-state index in [1.54, 1.807) is 6.20 Å². The van der Waals surface area contributed by atoms with Crippen molar-refractivity contribution in [1.82, 2.24) is 25.5 Å². The van der Waals surface area contributed by atoms with Crippen LogP contribution in [0.3, 0.4) is 0 Å². The Balaban J connectivity index is 2.25. The quantitative estimate of drug-likeness (QED) is 0.855. The number of H-pyrrole nitrogens is 1. The van der Waals surface area contributed by atoms with E-state index in [9.17, 15) is 0 Å². The SMILES string of the molecule is Cc1cc(Oc2cnc(C(C)C)nc2CNC(C)C)n[nH]1. The highest BCUT2D eigenvalue weighted by atomic mass is 16.5. The summed E-state index contributed by atoms with van der Waals surface area (Å²) in [5, 5.41) is 10.3. The fraction of sp³-hybridized carbons (Fsp3) is 0.533. The summed E-state index contributed by atoms with van der Waals surface area (Å²) >= 11 is 0. The molecule has 0 aliphatic carbocycles. The number of hydrogen-bond acceptors (Lipinski definition) is 5. The van der Waals surface area contributed by atoms with Crippen molar-refractivity contribution >= 4 is 0 Å². The minimum Gasteiger partial charge on any atom is -0.434 e. The van der Waals surface area contributed by atoms with Gasteiger partial charge >= 0.3 is 0 Å². The van der Waals surface area contributed by atoms with Crippen LogP contribution >= 0.6 is 0 Å². The Labute approximate surface area is 125 Å². The maximum Gasteiger partial charge on any atom is 0.238 e. The summed E-state index contributed by atoms with van der Waals surface area (Å²) in [6, 6.07) is 2.22. The van der Waals surface area contributed by atoms with Crippen LogP contribution in [0.5, 0.6) is 11.6 Å². The van der Waals surface area contributed by atoms with Gasteiger partial charge in [-0.2, -0.15) is 0 Å². The standard InChI is InChI=1S/C15H23N5O/c1-9(2)15-17-8-13(12(18-15)7-16-10(3)4)21-14-6-11(5)19-20-14/h6,8-10,16H,7H2,1-5H3,(H,19,20). The molecule has 0 aromatic carbocycles. The van der Waals surface area contributed by atoms with Gasteiger partial charge in [0.25, 0.3) is 0 Å². The highest BCUT2D eigenvalue weighted by Crippen LogP contribution is 2.24. The number of aromatic nitrogens is 4. The van der Waals surface area contributed by atoms with Crippen LogP contribution in [-0.2, 0) is 6.54 Å². The van der Waals surface area contributed by atoms with Gasteiger partial charge in [0.2, 0.25) is 5.88 Å². The lowest BCUT2D eigenvalue weighted by atomic mass is 10.2. The summed E-state index contributed by atoms with van der Waals surface area (Å²) in [4.78, 5) is 8.98. The van der Waals surface area contributed by atoms with Crippen molar-refractivity contribution in [3.63, 3.8) is 0 Å². The highest BCUT2D eigenvalue weighted by Gasteiger charge is 2.13. The molecule has 2 rings (SSSR count). The van der Waals surface area contributed by atoms with Crippen LogP contribution in [0.4, 0.5) is 0 Å². The summed E-state index contributed by atoms with van der Waals surface area (Å²) in [6.45, 7) is 10.9. The molecule has 0 bridgehead atoms. The van der Waals surface area contributed by atoms with Crippen molar-refractivity contribution in [2.75, 3.05) is 0 Å². The largest absolute Gasteiger partial charge is 0.434 e. The molecule has 0 aliphatic heterocycles. The van der Waals surface area contributed by atoms with Crippen LogP contribution in [0, 0.1) is 6.92 Å². The lowest BCUT2D eigenvalue weighted by Crippen LogP contribution is -2.23. The van der Waals surface area contributed by atoms with Gasteiger partial charge in [0.15, 0.2) is 5.75 Å². The Kier molecular flexibility index (Phi) is 4.90. The number of ether oxygens (including phenoxy) is 1. The number of aromatic amines is 1. The molecule has 2 aromatic rings. The molecule has 6 nitrogen and oxygen atoms in total. The minimum absolute atomic E-state index is 0.282. The van der Waals surface area contributed by atoms with Gasteiger partial charge in [-0.1, -0.05) is 27.7 Å². The van der Waals surface area contributed by atoms with E-state index in [1.165, 1.54) is 0 Å². The predicted octanol–water partition coefficient (Wildman–Crippen LogP) is 2.92. The normalized spacial score (nSPS) is 11.4. The summed E-state index contributed by atoms with van der Waals surface area (Å²) in [6.07, 6.45) is 1.73. The van der Waals surface area contributed by atoms with E-state index in [-0.39, 0.29) is 5.92 Å². The molecule has 114 valence electrons. The van der Waals surface area contributed by atoms with E-state index < -0.39 is 0 Å². The zero-order valence-electron chi connectivity index (χ0n) is 13.3. The molecule has 2 aromatic heterocycles. The third-order valence-electron chi connectivity index (χ3n) is 2.94. The first-order chi connectivity index (χ1) is 9.95. The van der Waals surface area contributed by atoms with Crippen molar-refractivity contribution in [2.45, 2.75) is 53.1 Å². The van der Waals surface area contributed by atoms with E-state index in [1.807, 2.05) is 13.0 Å². The Bertz CT molecular complexity index is 591. The third-order valence-corrected chi connectivity index (χ3v) is 2.94. The summed E-state index contributed by atoms with van der Waals surface area (Å²) < 4.78 is 5.79. The van der Waals surface area contributed by atoms with Gasteiger partial charge in [-0.3, -0.25) is 5.10 Å². The number of nitrogens with zero attached hydrogens (tertiary/aromatic N) is 3. The number of hydrogen-bond donors (Lipinski definition) is 2. The number of aryl methyl sites for hydroxylation is 1. The van der Waals surface area contributed by atoms with Crippen LogP contribution in [0.15, 0.2) is 12.3 Å². The lowest BCUT2D eigenvalue weighted by molar-refractivity contribution is 0.441. The topological polar surface area (TPSA) is 75.7 Å². The zero-order chi connectivity index (χ0) is 15.4. The monoisotopic (exact) mass is 289 g/mol. The van der Waals surface area contributed by atoms with Crippen molar-refractivity contribution in [3.05, 3.63) is 29.5 Å². The molecule has 2 heterocycles. The van der Waals surface area contributed by atoms with Gasteiger partial charge in [-0.15, -0.1) is 5.10 Å². The van der Waals surface area contributed by atoms with Crippen molar-refractivity contribution in [2.24, 2.45) is 0 Å².